The summed E-state index contributed by atoms with van der Waals surface area (Å²) in [4.78, 5) is 2.59. The van der Waals surface area contributed by atoms with Gasteiger partial charge in [0, 0.05) is 18.8 Å². The largest absolute Gasteiger partial charge is 0.371 e. The van der Waals surface area contributed by atoms with Crippen molar-refractivity contribution in [2.75, 3.05) is 18.0 Å². The molecular weight excluding hydrogens is 242 g/mol. The Morgan fingerprint density at radius 1 is 0.850 bits per heavy atom. The van der Waals surface area contributed by atoms with Crippen molar-refractivity contribution in [3.05, 3.63) is 53.1 Å². The molecule has 1 fully saturated rings. The van der Waals surface area contributed by atoms with Gasteiger partial charge in [-0.1, -0.05) is 30.3 Å². The van der Waals surface area contributed by atoms with Gasteiger partial charge in [-0.15, -0.1) is 0 Å². The van der Waals surface area contributed by atoms with Crippen LogP contribution in [0.2, 0.25) is 0 Å². The highest BCUT2D eigenvalue weighted by Gasteiger charge is 2.22. The van der Waals surface area contributed by atoms with E-state index >= 15 is 0 Å². The standard InChI is InChI=1S/C19H21N/c1-14-18-13-15-7-3-4-8-16(15)17(18)9-10-19(14)20-11-5-2-6-12-20/h3-4,7-10H,2,5-6,11-13H2,1H3. The molecule has 1 heterocycles. The van der Waals surface area contributed by atoms with Gasteiger partial charge in [0.15, 0.2) is 0 Å². The van der Waals surface area contributed by atoms with Crippen LogP contribution in [0.15, 0.2) is 36.4 Å². The zero-order valence-electron chi connectivity index (χ0n) is 12.2. The van der Waals surface area contributed by atoms with Gasteiger partial charge in [0.25, 0.3) is 0 Å². The first kappa shape index (κ1) is 12.0. The maximum atomic E-state index is 2.59. The van der Waals surface area contributed by atoms with Crippen molar-refractivity contribution in [2.45, 2.75) is 32.6 Å². The SMILES string of the molecule is Cc1c(N2CCCCC2)ccc2c1Cc1ccccc1-2. The molecular formula is C19H21N. The number of hydrogen-bond acceptors (Lipinski definition) is 1. The molecule has 0 unspecified atom stereocenters. The molecule has 0 N–H and O–H groups in total. The molecule has 0 amide bonds. The van der Waals surface area contributed by atoms with E-state index < -0.39 is 0 Å². The summed E-state index contributed by atoms with van der Waals surface area (Å²) in [5.74, 6) is 0. The fraction of sp³-hybridized carbons (Fsp3) is 0.368. The van der Waals surface area contributed by atoms with E-state index in [0.717, 1.165) is 6.42 Å². The van der Waals surface area contributed by atoms with Crippen LogP contribution in [-0.4, -0.2) is 13.1 Å². The van der Waals surface area contributed by atoms with Crippen LogP contribution in [0.4, 0.5) is 5.69 Å². The topological polar surface area (TPSA) is 3.24 Å². The van der Waals surface area contributed by atoms with Gasteiger partial charge in [-0.2, -0.15) is 0 Å². The maximum absolute atomic E-state index is 2.59. The lowest BCUT2D eigenvalue weighted by atomic mass is 9.98. The molecule has 1 aliphatic heterocycles. The van der Waals surface area contributed by atoms with Crippen molar-refractivity contribution in [3.63, 3.8) is 0 Å². The average Bonchev–Trinajstić information content (AvgIpc) is 2.88. The van der Waals surface area contributed by atoms with Gasteiger partial charge in [0.1, 0.15) is 0 Å². The van der Waals surface area contributed by atoms with E-state index in [1.165, 1.54) is 60.3 Å². The minimum atomic E-state index is 1.11. The first-order valence-electron chi connectivity index (χ1n) is 7.80. The molecule has 0 radical (unpaired) electrons. The van der Waals surface area contributed by atoms with Crippen LogP contribution >= 0.6 is 0 Å². The third kappa shape index (κ3) is 1.76. The van der Waals surface area contributed by atoms with E-state index in [0.29, 0.717) is 0 Å². The Bertz CT molecular complexity index is 651. The Balaban J connectivity index is 1.78. The Kier molecular flexibility index (Phi) is 2.80. The summed E-state index contributed by atoms with van der Waals surface area (Å²) in [5, 5.41) is 0. The average molecular weight is 263 g/mol. The minimum Gasteiger partial charge on any atom is -0.371 e. The fourth-order valence-corrected chi connectivity index (χ4v) is 3.83. The van der Waals surface area contributed by atoms with Gasteiger partial charge < -0.3 is 4.90 Å². The van der Waals surface area contributed by atoms with E-state index in [1.54, 1.807) is 5.56 Å². The quantitative estimate of drug-likeness (QED) is 0.622. The molecule has 0 aromatic heterocycles. The summed E-state index contributed by atoms with van der Waals surface area (Å²) < 4.78 is 0. The van der Waals surface area contributed by atoms with Crippen LogP contribution in [0.25, 0.3) is 11.1 Å². The molecule has 1 aliphatic carbocycles. The number of benzene rings is 2. The number of piperidine rings is 1. The first-order chi connectivity index (χ1) is 9.84. The fourth-order valence-electron chi connectivity index (χ4n) is 3.83. The Morgan fingerprint density at radius 2 is 1.65 bits per heavy atom. The van der Waals surface area contributed by atoms with E-state index in [-0.39, 0.29) is 0 Å². The zero-order valence-corrected chi connectivity index (χ0v) is 12.2. The van der Waals surface area contributed by atoms with Crippen molar-refractivity contribution in [1.82, 2.24) is 0 Å². The molecule has 1 heteroatoms. The molecule has 0 atom stereocenters. The number of anilines is 1. The number of fused-ring (bicyclic) bond motifs is 3. The third-order valence-electron chi connectivity index (χ3n) is 4.94. The van der Waals surface area contributed by atoms with Crippen molar-refractivity contribution in [3.8, 4) is 11.1 Å². The van der Waals surface area contributed by atoms with Gasteiger partial charge in [-0.3, -0.25) is 0 Å². The van der Waals surface area contributed by atoms with Crippen LogP contribution in [0.1, 0.15) is 36.0 Å². The van der Waals surface area contributed by atoms with E-state index in [9.17, 15) is 0 Å². The predicted molar refractivity (Wildman–Crippen MR) is 85.5 cm³/mol. The molecule has 0 bridgehead atoms. The summed E-state index contributed by atoms with van der Waals surface area (Å²) in [6, 6.07) is 13.5. The molecule has 2 aromatic rings. The van der Waals surface area contributed by atoms with Gasteiger partial charge in [-0.05, 0) is 66.5 Å². The van der Waals surface area contributed by atoms with Gasteiger partial charge in [0.2, 0.25) is 0 Å². The van der Waals surface area contributed by atoms with Crippen molar-refractivity contribution in [2.24, 2.45) is 0 Å². The first-order valence-corrected chi connectivity index (χ1v) is 7.80. The van der Waals surface area contributed by atoms with Crippen LogP contribution in [0.3, 0.4) is 0 Å². The summed E-state index contributed by atoms with van der Waals surface area (Å²) in [7, 11) is 0. The summed E-state index contributed by atoms with van der Waals surface area (Å²) in [5.41, 5.74) is 8.90. The Morgan fingerprint density at radius 3 is 2.50 bits per heavy atom. The summed E-state index contributed by atoms with van der Waals surface area (Å²) in [6.07, 6.45) is 5.19. The number of rotatable bonds is 1. The predicted octanol–water partition coefficient (Wildman–Crippen LogP) is 4.56. The smallest absolute Gasteiger partial charge is 0.0399 e. The lowest BCUT2D eigenvalue weighted by molar-refractivity contribution is 0.577. The van der Waals surface area contributed by atoms with Crippen LogP contribution in [0.5, 0.6) is 0 Å². The van der Waals surface area contributed by atoms with E-state index in [1.807, 2.05) is 0 Å². The zero-order chi connectivity index (χ0) is 13.5. The maximum Gasteiger partial charge on any atom is 0.0399 e. The highest BCUT2D eigenvalue weighted by Crippen LogP contribution is 2.41. The monoisotopic (exact) mass is 263 g/mol. The molecule has 20 heavy (non-hydrogen) atoms. The molecule has 0 spiro atoms. The van der Waals surface area contributed by atoms with Crippen molar-refractivity contribution >= 4 is 5.69 Å². The molecule has 0 saturated carbocycles. The summed E-state index contributed by atoms with van der Waals surface area (Å²) in [6.45, 7) is 4.77. The summed E-state index contributed by atoms with van der Waals surface area (Å²) >= 11 is 0. The molecule has 1 saturated heterocycles. The molecule has 2 aliphatic rings. The molecule has 4 rings (SSSR count). The number of nitrogens with zero attached hydrogens (tertiary/aromatic N) is 1. The van der Waals surface area contributed by atoms with Crippen molar-refractivity contribution < 1.29 is 0 Å². The van der Waals surface area contributed by atoms with Crippen molar-refractivity contribution in [1.29, 1.82) is 0 Å². The van der Waals surface area contributed by atoms with Crippen LogP contribution in [0, 0.1) is 6.92 Å². The highest BCUT2D eigenvalue weighted by atomic mass is 15.1. The normalized spacial score (nSPS) is 16.9. The second-order valence-corrected chi connectivity index (χ2v) is 6.12. The van der Waals surface area contributed by atoms with Crippen LogP contribution < -0.4 is 4.90 Å². The molecule has 1 nitrogen and oxygen atoms in total. The lowest BCUT2D eigenvalue weighted by Gasteiger charge is -2.31. The van der Waals surface area contributed by atoms with E-state index in [4.69, 9.17) is 0 Å². The van der Waals surface area contributed by atoms with Gasteiger partial charge in [-0.25, -0.2) is 0 Å². The lowest BCUT2D eigenvalue weighted by Crippen LogP contribution is -2.30. The third-order valence-corrected chi connectivity index (χ3v) is 4.94. The molecule has 2 aromatic carbocycles. The molecule has 102 valence electrons. The van der Waals surface area contributed by atoms with Gasteiger partial charge in [0.05, 0.1) is 0 Å². The van der Waals surface area contributed by atoms with Crippen LogP contribution in [-0.2, 0) is 6.42 Å². The Labute approximate surface area is 121 Å². The van der Waals surface area contributed by atoms with Gasteiger partial charge >= 0.3 is 0 Å². The minimum absolute atomic E-state index is 1.11. The number of hydrogen-bond donors (Lipinski definition) is 0. The second kappa shape index (κ2) is 4.66. The second-order valence-electron chi connectivity index (χ2n) is 6.12. The highest BCUT2D eigenvalue weighted by molar-refractivity contribution is 5.81. The van der Waals surface area contributed by atoms with E-state index in [2.05, 4.69) is 48.2 Å². The Hall–Kier alpha value is -1.76.